The van der Waals surface area contributed by atoms with Crippen molar-refractivity contribution in [3.05, 3.63) is 17.2 Å². The number of imidazole rings is 1. The highest BCUT2D eigenvalue weighted by atomic mass is 16.4. The van der Waals surface area contributed by atoms with E-state index in [2.05, 4.69) is 24.1 Å². The second-order valence-corrected chi connectivity index (χ2v) is 4.93. The third-order valence-corrected chi connectivity index (χ3v) is 3.17. The third kappa shape index (κ3) is 2.34. The van der Waals surface area contributed by atoms with Crippen LogP contribution in [0.3, 0.4) is 0 Å². The molecule has 1 aromatic rings. The molecule has 1 aliphatic rings. The molecule has 94 valence electrons. The van der Waals surface area contributed by atoms with Crippen molar-refractivity contribution in [1.29, 1.82) is 0 Å². The molecule has 1 unspecified atom stereocenters. The van der Waals surface area contributed by atoms with Gasteiger partial charge in [-0.25, -0.2) is 9.78 Å². The largest absolute Gasteiger partial charge is 0.476 e. The van der Waals surface area contributed by atoms with Crippen LogP contribution in [0.4, 0.5) is 0 Å². The van der Waals surface area contributed by atoms with E-state index in [0.717, 1.165) is 30.9 Å². The van der Waals surface area contributed by atoms with Crippen LogP contribution >= 0.6 is 0 Å². The average Bonchev–Trinajstić information content (AvgIpc) is 2.55. The molecule has 1 aromatic heterocycles. The van der Waals surface area contributed by atoms with Crippen LogP contribution in [0.1, 0.15) is 42.3 Å². The summed E-state index contributed by atoms with van der Waals surface area (Å²) in [7, 11) is 0. The van der Waals surface area contributed by atoms with Gasteiger partial charge in [0.1, 0.15) is 5.82 Å². The molecule has 0 spiro atoms. The maximum Gasteiger partial charge on any atom is 0.356 e. The molecule has 17 heavy (non-hydrogen) atoms. The van der Waals surface area contributed by atoms with Gasteiger partial charge in [0.15, 0.2) is 5.69 Å². The predicted molar refractivity (Wildman–Crippen MR) is 64.3 cm³/mol. The summed E-state index contributed by atoms with van der Waals surface area (Å²) in [6, 6.07) is 0.862. The Morgan fingerprint density at radius 1 is 1.59 bits per heavy atom. The van der Waals surface area contributed by atoms with Crippen molar-refractivity contribution >= 4 is 5.97 Å². The number of aromatic nitrogens is 2. The first kappa shape index (κ1) is 12.1. The van der Waals surface area contributed by atoms with Crippen molar-refractivity contribution in [3.63, 3.8) is 0 Å². The maximum atomic E-state index is 11.1. The number of fused-ring (bicyclic) bond motifs is 1. The smallest absolute Gasteiger partial charge is 0.356 e. The molecule has 0 saturated carbocycles. The fourth-order valence-corrected chi connectivity index (χ4v) is 2.51. The normalized spacial score (nSPS) is 19.4. The second kappa shape index (κ2) is 4.49. The maximum absolute atomic E-state index is 11.1. The van der Waals surface area contributed by atoms with E-state index in [4.69, 9.17) is 5.11 Å². The first-order valence-electron chi connectivity index (χ1n) is 6.04. The van der Waals surface area contributed by atoms with E-state index in [0.29, 0.717) is 12.1 Å². The van der Waals surface area contributed by atoms with Gasteiger partial charge in [0.25, 0.3) is 0 Å². The number of nitrogens with one attached hydrogen (secondary N) is 1. The molecule has 0 fully saturated rings. The summed E-state index contributed by atoms with van der Waals surface area (Å²) >= 11 is 0. The van der Waals surface area contributed by atoms with E-state index < -0.39 is 5.97 Å². The number of rotatable bonds is 3. The third-order valence-electron chi connectivity index (χ3n) is 3.17. The molecule has 5 heteroatoms. The van der Waals surface area contributed by atoms with E-state index in [1.165, 1.54) is 0 Å². The van der Waals surface area contributed by atoms with Gasteiger partial charge in [-0.3, -0.25) is 0 Å². The van der Waals surface area contributed by atoms with Crippen molar-refractivity contribution in [2.24, 2.45) is 0 Å². The van der Waals surface area contributed by atoms with Gasteiger partial charge in [0.2, 0.25) is 0 Å². The number of carbonyl (C=O) groups is 1. The minimum Gasteiger partial charge on any atom is -0.476 e. The molecule has 0 radical (unpaired) electrons. The number of hydrogen-bond donors (Lipinski definition) is 2. The van der Waals surface area contributed by atoms with Gasteiger partial charge < -0.3 is 15.0 Å². The van der Waals surface area contributed by atoms with E-state index in [1.54, 1.807) is 0 Å². The summed E-state index contributed by atoms with van der Waals surface area (Å²) in [5.74, 6) is -0.121. The molecule has 0 saturated heterocycles. The molecule has 1 atom stereocenters. The van der Waals surface area contributed by atoms with Crippen molar-refractivity contribution in [2.75, 3.05) is 0 Å². The van der Waals surface area contributed by atoms with Gasteiger partial charge in [0, 0.05) is 18.6 Å². The highest BCUT2D eigenvalue weighted by Crippen LogP contribution is 2.21. The molecule has 5 nitrogen and oxygen atoms in total. The zero-order valence-electron chi connectivity index (χ0n) is 10.5. The SMILES string of the molecule is Cc1nc(C(=O)O)c2n1CC(NC(C)C)CC2. The summed E-state index contributed by atoms with van der Waals surface area (Å²) in [5.41, 5.74) is 1.10. The van der Waals surface area contributed by atoms with Gasteiger partial charge in [0.05, 0.1) is 5.69 Å². The van der Waals surface area contributed by atoms with E-state index in [9.17, 15) is 4.79 Å². The summed E-state index contributed by atoms with van der Waals surface area (Å²) in [6.45, 7) is 6.94. The lowest BCUT2D eigenvalue weighted by Gasteiger charge is -2.27. The highest BCUT2D eigenvalue weighted by molar-refractivity contribution is 5.86. The van der Waals surface area contributed by atoms with Gasteiger partial charge in [-0.2, -0.15) is 0 Å². The Balaban J connectivity index is 2.24. The van der Waals surface area contributed by atoms with Crippen molar-refractivity contribution in [3.8, 4) is 0 Å². The first-order valence-corrected chi connectivity index (χ1v) is 6.04. The molecule has 0 bridgehead atoms. The molecule has 1 aliphatic heterocycles. The van der Waals surface area contributed by atoms with Crippen LogP contribution in [0.25, 0.3) is 0 Å². The molecule has 0 aliphatic carbocycles. The molecular weight excluding hydrogens is 218 g/mol. The number of carboxylic acids is 1. The molecule has 2 N–H and O–H groups in total. The Morgan fingerprint density at radius 3 is 2.88 bits per heavy atom. The van der Waals surface area contributed by atoms with Gasteiger partial charge in [-0.05, 0) is 19.8 Å². The molecule has 2 rings (SSSR count). The Bertz CT molecular complexity index is 437. The quantitative estimate of drug-likeness (QED) is 0.829. The van der Waals surface area contributed by atoms with Crippen LogP contribution in [-0.2, 0) is 13.0 Å². The van der Waals surface area contributed by atoms with Crippen molar-refractivity contribution < 1.29 is 9.90 Å². The number of carboxylic acid groups (broad SMARTS) is 1. The Labute approximate surface area is 101 Å². The molecule has 0 amide bonds. The molecule has 0 aromatic carbocycles. The minimum absolute atomic E-state index is 0.227. The number of hydrogen-bond acceptors (Lipinski definition) is 3. The Morgan fingerprint density at radius 2 is 2.29 bits per heavy atom. The van der Waals surface area contributed by atoms with Crippen molar-refractivity contribution in [1.82, 2.24) is 14.9 Å². The van der Waals surface area contributed by atoms with Crippen LogP contribution in [0.15, 0.2) is 0 Å². The van der Waals surface area contributed by atoms with E-state index in [1.807, 2.05) is 11.5 Å². The number of aromatic carboxylic acids is 1. The van der Waals surface area contributed by atoms with Gasteiger partial charge in [-0.15, -0.1) is 0 Å². The summed E-state index contributed by atoms with van der Waals surface area (Å²) < 4.78 is 2.03. The summed E-state index contributed by atoms with van der Waals surface area (Å²) in [5, 5.41) is 12.6. The lowest BCUT2D eigenvalue weighted by Crippen LogP contribution is -2.41. The zero-order chi connectivity index (χ0) is 12.6. The lowest BCUT2D eigenvalue weighted by molar-refractivity contribution is 0.0689. The molecule has 2 heterocycles. The van der Waals surface area contributed by atoms with Crippen LogP contribution in [-0.4, -0.2) is 32.7 Å². The van der Waals surface area contributed by atoms with Crippen LogP contribution in [0.5, 0.6) is 0 Å². The fraction of sp³-hybridized carbons (Fsp3) is 0.667. The van der Waals surface area contributed by atoms with E-state index >= 15 is 0 Å². The lowest BCUT2D eigenvalue weighted by atomic mass is 10.0. The second-order valence-electron chi connectivity index (χ2n) is 4.93. The highest BCUT2D eigenvalue weighted by Gasteiger charge is 2.26. The van der Waals surface area contributed by atoms with Crippen LogP contribution in [0, 0.1) is 6.92 Å². The Kier molecular flexibility index (Phi) is 3.19. The number of nitrogens with zero attached hydrogens (tertiary/aromatic N) is 2. The Hall–Kier alpha value is -1.36. The topological polar surface area (TPSA) is 67.1 Å². The first-order chi connectivity index (χ1) is 7.99. The fourth-order valence-electron chi connectivity index (χ4n) is 2.51. The van der Waals surface area contributed by atoms with Gasteiger partial charge in [-0.1, -0.05) is 13.8 Å². The van der Waals surface area contributed by atoms with Crippen molar-refractivity contribution in [2.45, 2.75) is 52.2 Å². The monoisotopic (exact) mass is 237 g/mol. The summed E-state index contributed by atoms with van der Waals surface area (Å²) in [6.07, 6.45) is 1.76. The number of aryl methyl sites for hydroxylation is 1. The van der Waals surface area contributed by atoms with E-state index in [-0.39, 0.29) is 5.69 Å². The predicted octanol–water partition coefficient (Wildman–Crippen LogP) is 1.20. The van der Waals surface area contributed by atoms with Crippen LogP contribution in [0.2, 0.25) is 0 Å². The molecular formula is C12H19N3O2. The minimum atomic E-state index is -0.919. The standard InChI is InChI=1S/C12H19N3O2/c1-7(2)13-9-4-5-10-11(12(16)17)14-8(3)15(10)6-9/h7,9,13H,4-6H2,1-3H3,(H,16,17). The summed E-state index contributed by atoms with van der Waals surface area (Å²) in [4.78, 5) is 15.2. The average molecular weight is 237 g/mol. The zero-order valence-corrected chi connectivity index (χ0v) is 10.5. The van der Waals surface area contributed by atoms with Gasteiger partial charge >= 0.3 is 5.97 Å². The van der Waals surface area contributed by atoms with Crippen LogP contribution < -0.4 is 5.32 Å².